The Morgan fingerprint density at radius 3 is 2.54 bits per heavy atom. The van der Waals surface area contributed by atoms with Crippen LogP contribution in [0, 0.1) is 0 Å². The number of aliphatic hydroxyl groups is 1. The smallest absolute Gasteiger partial charge is 0.0831 e. The highest BCUT2D eigenvalue weighted by Gasteiger charge is 2.29. The zero-order valence-electron chi connectivity index (χ0n) is 8.66. The van der Waals surface area contributed by atoms with Crippen molar-refractivity contribution in [3.05, 3.63) is 0 Å². The summed E-state index contributed by atoms with van der Waals surface area (Å²) in [5.41, 5.74) is 0. The van der Waals surface area contributed by atoms with E-state index in [1.54, 1.807) is 0 Å². The molecule has 0 bridgehead atoms. The van der Waals surface area contributed by atoms with Crippen LogP contribution in [0.5, 0.6) is 0 Å². The minimum Gasteiger partial charge on any atom is -0.390 e. The maximum atomic E-state index is 9.60. The van der Waals surface area contributed by atoms with E-state index in [2.05, 4.69) is 31.1 Å². The van der Waals surface area contributed by atoms with Crippen LogP contribution in [0.15, 0.2) is 0 Å². The minimum atomic E-state index is -0.191. The Hall–Kier alpha value is 0.170. The number of nitrogens with zero attached hydrogens (tertiary/aromatic N) is 1. The third-order valence-electron chi connectivity index (χ3n) is 2.96. The molecule has 0 amide bonds. The second-order valence-electron chi connectivity index (χ2n) is 3.72. The van der Waals surface area contributed by atoms with Crippen LogP contribution in [-0.4, -0.2) is 48.3 Å². The zero-order chi connectivity index (χ0) is 9.14. The number of aliphatic hydroxyl groups excluding tert-OH is 1. The topological polar surface area (TPSA) is 35.5 Å². The van der Waals surface area contributed by atoms with Gasteiger partial charge in [-0.2, -0.15) is 0 Å². The molecule has 0 spiro atoms. The first-order chi connectivity index (χ1) is 5.66. The molecule has 0 radical (unpaired) electrons. The van der Waals surface area contributed by atoms with E-state index >= 15 is 0 Å². The Morgan fingerprint density at radius 2 is 2.15 bits per heavy atom. The van der Waals surface area contributed by atoms with Gasteiger partial charge in [0.1, 0.15) is 0 Å². The Bertz CT molecular complexity index is 146. The summed E-state index contributed by atoms with van der Waals surface area (Å²) < 4.78 is 0. The van der Waals surface area contributed by atoms with Crippen molar-refractivity contribution in [1.29, 1.82) is 0 Å². The molecular weight excluding hydrogens is 188 g/mol. The van der Waals surface area contributed by atoms with Gasteiger partial charge in [-0.25, -0.2) is 0 Å². The molecule has 3 atom stereocenters. The molecule has 2 N–H and O–H groups in total. The van der Waals surface area contributed by atoms with Gasteiger partial charge in [0.05, 0.1) is 6.10 Å². The summed E-state index contributed by atoms with van der Waals surface area (Å²) in [6.45, 7) is 6.04. The number of nitrogens with one attached hydrogen (secondary N) is 1. The maximum Gasteiger partial charge on any atom is 0.0831 e. The van der Waals surface area contributed by atoms with Crippen LogP contribution < -0.4 is 5.32 Å². The summed E-state index contributed by atoms with van der Waals surface area (Å²) in [6.07, 6.45) is 0.948. The third kappa shape index (κ3) is 3.09. The summed E-state index contributed by atoms with van der Waals surface area (Å²) in [5, 5.41) is 12.8. The lowest BCUT2D eigenvalue weighted by atomic mass is 10.1. The Labute approximate surface area is 86.9 Å². The predicted octanol–water partition coefficient (Wildman–Crippen LogP) is 0.471. The van der Waals surface area contributed by atoms with Crippen LogP contribution in [0.4, 0.5) is 0 Å². The van der Waals surface area contributed by atoms with Crippen LogP contribution in [0.25, 0.3) is 0 Å². The highest BCUT2D eigenvalue weighted by Crippen LogP contribution is 2.12. The second kappa shape index (κ2) is 5.81. The molecule has 1 aliphatic rings. The average molecular weight is 209 g/mol. The van der Waals surface area contributed by atoms with Crippen molar-refractivity contribution in [2.75, 3.05) is 20.1 Å². The summed E-state index contributed by atoms with van der Waals surface area (Å²) in [6, 6.07) is 0.865. The van der Waals surface area contributed by atoms with E-state index < -0.39 is 0 Å². The van der Waals surface area contributed by atoms with Crippen molar-refractivity contribution in [2.24, 2.45) is 0 Å². The molecule has 1 unspecified atom stereocenters. The molecule has 1 aliphatic heterocycles. The van der Waals surface area contributed by atoms with Crippen LogP contribution in [0.2, 0.25) is 0 Å². The molecule has 1 saturated heterocycles. The predicted molar refractivity (Wildman–Crippen MR) is 57.4 cm³/mol. The minimum absolute atomic E-state index is 0. The lowest BCUT2D eigenvalue weighted by Gasteiger charge is -2.31. The van der Waals surface area contributed by atoms with Gasteiger partial charge in [-0.3, -0.25) is 4.90 Å². The van der Waals surface area contributed by atoms with E-state index in [0.29, 0.717) is 12.1 Å². The molecule has 4 heteroatoms. The molecule has 1 heterocycles. The number of halogens is 1. The highest BCUT2D eigenvalue weighted by molar-refractivity contribution is 5.85. The van der Waals surface area contributed by atoms with E-state index in [-0.39, 0.29) is 18.5 Å². The van der Waals surface area contributed by atoms with Gasteiger partial charge >= 0.3 is 0 Å². The quantitative estimate of drug-likeness (QED) is 0.708. The first-order valence-electron chi connectivity index (χ1n) is 4.77. The first-order valence-corrected chi connectivity index (χ1v) is 4.77. The van der Waals surface area contributed by atoms with Crippen molar-refractivity contribution >= 4 is 12.4 Å². The lowest BCUT2D eigenvalue weighted by molar-refractivity contribution is 0.0767. The standard InChI is InChI=1S/C9H20N2O.ClH/c1-4-7(2)11(3)8-5-10-6-9(8)12;/h7-10,12H,4-6H2,1-3H3;1H/t7?,8-,9-;/m1./s1. The van der Waals surface area contributed by atoms with Gasteiger partial charge in [-0.05, 0) is 20.4 Å². The molecule has 1 rings (SSSR count). The van der Waals surface area contributed by atoms with Gasteiger partial charge in [0.2, 0.25) is 0 Å². The fraction of sp³-hybridized carbons (Fsp3) is 1.00. The molecule has 0 aromatic carbocycles. The first kappa shape index (κ1) is 13.2. The Kier molecular flexibility index (Phi) is 5.88. The number of β-amino-alcohol motifs (C(OH)–C–C–N with tert-alkyl or cyclic N) is 1. The molecule has 0 aliphatic carbocycles. The monoisotopic (exact) mass is 208 g/mol. The number of hydrogen-bond donors (Lipinski definition) is 2. The summed E-state index contributed by atoms with van der Waals surface area (Å²) in [7, 11) is 2.09. The van der Waals surface area contributed by atoms with Crippen LogP contribution in [0.1, 0.15) is 20.3 Å². The van der Waals surface area contributed by atoms with Gasteiger partial charge in [0.25, 0.3) is 0 Å². The van der Waals surface area contributed by atoms with E-state index in [9.17, 15) is 5.11 Å². The summed E-state index contributed by atoms with van der Waals surface area (Å²) in [5.74, 6) is 0. The zero-order valence-corrected chi connectivity index (χ0v) is 9.47. The average Bonchev–Trinajstić information content (AvgIpc) is 2.48. The van der Waals surface area contributed by atoms with Gasteiger partial charge in [-0.1, -0.05) is 6.92 Å². The molecule has 80 valence electrons. The maximum absolute atomic E-state index is 9.60. The fourth-order valence-electron chi connectivity index (χ4n) is 1.68. The largest absolute Gasteiger partial charge is 0.390 e. The van der Waals surface area contributed by atoms with Gasteiger partial charge in [0, 0.05) is 25.2 Å². The lowest BCUT2D eigenvalue weighted by Crippen LogP contribution is -2.45. The molecule has 0 aromatic rings. The Balaban J connectivity index is 0.00000144. The second-order valence-corrected chi connectivity index (χ2v) is 3.72. The fourth-order valence-corrected chi connectivity index (χ4v) is 1.68. The number of likely N-dealkylation sites (N-methyl/N-ethyl adjacent to an activating group) is 1. The van der Waals surface area contributed by atoms with E-state index in [4.69, 9.17) is 0 Å². The summed E-state index contributed by atoms with van der Waals surface area (Å²) >= 11 is 0. The van der Waals surface area contributed by atoms with Crippen molar-refractivity contribution in [2.45, 2.75) is 38.5 Å². The van der Waals surface area contributed by atoms with Crippen LogP contribution in [-0.2, 0) is 0 Å². The molecular formula is C9H21ClN2O. The number of hydrogen-bond acceptors (Lipinski definition) is 3. The van der Waals surface area contributed by atoms with E-state index in [1.165, 1.54) is 0 Å². The van der Waals surface area contributed by atoms with E-state index in [1.807, 2.05) is 0 Å². The van der Waals surface area contributed by atoms with Gasteiger partial charge < -0.3 is 10.4 Å². The molecule has 13 heavy (non-hydrogen) atoms. The normalized spacial score (nSPS) is 30.2. The van der Waals surface area contributed by atoms with Crippen molar-refractivity contribution in [1.82, 2.24) is 10.2 Å². The summed E-state index contributed by atoms with van der Waals surface area (Å²) in [4.78, 5) is 2.27. The van der Waals surface area contributed by atoms with Crippen molar-refractivity contribution in [3.63, 3.8) is 0 Å². The molecule has 1 fully saturated rings. The SMILES string of the molecule is CCC(C)N(C)[C@@H]1CNC[C@H]1O.Cl. The van der Waals surface area contributed by atoms with Gasteiger partial charge in [0.15, 0.2) is 0 Å². The van der Waals surface area contributed by atoms with E-state index in [0.717, 1.165) is 19.5 Å². The Morgan fingerprint density at radius 1 is 1.54 bits per heavy atom. The highest BCUT2D eigenvalue weighted by atomic mass is 35.5. The van der Waals surface area contributed by atoms with Crippen LogP contribution >= 0.6 is 12.4 Å². The van der Waals surface area contributed by atoms with Crippen molar-refractivity contribution in [3.8, 4) is 0 Å². The number of rotatable bonds is 3. The molecule has 3 nitrogen and oxygen atoms in total. The molecule has 0 aromatic heterocycles. The third-order valence-corrected chi connectivity index (χ3v) is 2.96. The van der Waals surface area contributed by atoms with Crippen LogP contribution in [0.3, 0.4) is 0 Å². The van der Waals surface area contributed by atoms with Gasteiger partial charge in [-0.15, -0.1) is 12.4 Å². The molecule has 0 saturated carbocycles. The van der Waals surface area contributed by atoms with Crippen molar-refractivity contribution < 1.29 is 5.11 Å².